The van der Waals surface area contributed by atoms with E-state index in [-0.39, 0.29) is 11.3 Å². The number of aryl methyl sites for hydroxylation is 1. The van der Waals surface area contributed by atoms with Crippen molar-refractivity contribution in [1.29, 1.82) is 0 Å². The Kier molecular flexibility index (Phi) is 3.69. The van der Waals surface area contributed by atoms with Crippen LogP contribution in [0.25, 0.3) is 5.69 Å². The highest BCUT2D eigenvalue weighted by molar-refractivity contribution is 9.10. The monoisotopic (exact) mass is 334 g/mol. The lowest BCUT2D eigenvalue weighted by Gasteiger charge is -2.18. The van der Waals surface area contributed by atoms with E-state index in [1.807, 2.05) is 0 Å². The molecule has 7 heteroatoms. The highest BCUT2D eigenvalue weighted by atomic mass is 79.9. The largest absolute Gasteiger partial charge is 0.418 e. The molecule has 1 aromatic heterocycles. The molecule has 0 aliphatic carbocycles. The van der Waals surface area contributed by atoms with Crippen molar-refractivity contribution in [3.05, 3.63) is 46.2 Å². The van der Waals surface area contributed by atoms with Gasteiger partial charge in [-0.2, -0.15) is 18.3 Å². The summed E-state index contributed by atoms with van der Waals surface area (Å²) in [7, 11) is 0. The Hall–Kier alpha value is -1.34. The van der Waals surface area contributed by atoms with Crippen LogP contribution in [-0.4, -0.2) is 21.1 Å². The standard InChI is InChI=1S/C12H10BrF3N2O/c1-7-4-5-18(17-7)10-3-2-8(13)6-9(10)11(19)12(14,15)16/h2-6,11,19H,1H3/t11-/m1/s1. The second-order valence-electron chi connectivity index (χ2n) is 4.05. The van der Waals surface area contributed by atoms with Crippen LogP contribution in [0.15, 0.2) is 34.9 Å². The van der Waals surface area contributed by atoms with E-state index >= 15 is 0 Å². The molecule has 0 aliphatic rings. The van der Waals surface area contributed by atoms with Crippen molar-refractivity contribution in [2.24, 2.45) is 0 Å². The first-order valence-electron chi connectivity index (χ1n) is 5.36. The van der Waals surface area contributed by atoms with Gasteiger partial charge in [-0.15, -0.1) is 0 Å². The van der Waals surface area contributed by atoms with Crippen LogP contribution in [0.1, 0.15) is 17.4 Å². The number of alkyl halides is 3. The summed E-state index contributed by atoms with van der Waals surface area (Å²) >= 11 is 3.10. The minimum atomic E-state index is -4.72. The average molecular weight is 335 g/mol. The molecule has 1 aromatic carbocycles. The maximum absolute atomic E-state index is 12.7. The van der Waals surface area contributed by atoms with E-state index < -0.39 is 12.3 Å². The second-order valence-corrected chi connectivity index (χ2v) is 4.96. The maximum atomic E-state index is 12.7. The third-order valence-corrected chi connectivity index (χ3v) is 3.06. The molecule has 0 radical (unpaired) electrons. The van der Waals surface area contributed by atoms with Gasteiger partial charge in [0.25, 0.3) is 0 Å². The van der Waals surface area contributed by atoms with E-state index in [2.05, 4.69) is 21.0 Å². The van der Waals surface area contributed by atoms with Crippen LogP contribution in [-0.2, 0) is 0 Å². The number of aliphatic hydroxyl groups is 1. The third kappa shape index (κ3) is 2.98. The summed E-state index contributed by atoms with van der Waals surface area (Å²) in [6.45, 7) is 1.73. The molecule has 0 saturated heterocycles. The summed E-state index contributed by atoms with van der Waals surface area (Å²) in [5, 5.41) is 13.5. The Bertz CT molecular complexity index is 595. The Morgan fingerprint density at radius 3 is 2.53 bits per heavy atom. The van der Waals surface area contributed by atoms with Crippen molar-refractivity contribution in [2.45, 2.75) is 19.2 Å². The molecule has 0 spiro atoms. The zero-order valence-corrected chi connectivity index (χ0v) is 11.4. The highest BCUT2D eigenvalue weighted by Crippen LogP contribution is 2.36. The molecule has 0 aliphatic heterocycles. The summed E-state index contributed by atoms with van der Waals surface area (Å²) in [5.74, 6) is 0. The lowest BCUT2D eigenvalue weighted by Crippen LogP contribution is -2.22. The van der Waals surface area contributed by atoms with Crippen molar-refractivity contribution >= 4 is 15.9 Å². The SMILES string of the molecule is Cc1ccn(-c2ccc(Br)cc2[C@@H](O)C(F)(F)F)n1. The lowest BCUT2D eigenvalue weighted by atomic mass is 10.1. The molecule has 0 amide bonds. The van der Waals surface area contributed by atoms with E-state index in [4.69, 9.17) is 0 Å². The number of nitrogens with zero attached hydrogens (tertiary/aromatic N) is 2. The van der Waals surface area contributed by atoms with Gasteiger partial charge in [0.1, 0.15) is 0 Å². The van der Waals surface area contributed by atoms with Crippen molar-refractivity contribution < 1.29 is 18.3 Å². The molecule has 0 unspecified atom stereocenters. The van der Waals surface area contributed by atoms with Crippen molar-refractivity contribution in [3.63, 3.8) is 0 Å². The van der Waals surface area contributed by atoms with Gasteiger partial charge in [0, 0.05) is 16.2 Å². The topological polar surface area (TPSA) is 38.0 Å². The zero-order chi connectivity index (χ0) is 14.2. The first kappa shape index (κ1) is 14.1. The van der Waals surface area contributed by atoms with E-state index in [0.29, 0.717) is 10.2 Å². The van der Waals surface area contributed by atoms with Gasteiger partial charge in [-0.25, -0.2) is 4.68 Å². The van der Waals surface area contributed by atoms with Gasteiger partial charge in [0.15, 0.2) is 6.10 Å². The first-order chi connectivity index (χ1) is 8.79. The molecular weight excluding hydrogens is 325 g/mol. The molecule has 19 heavy (non-hydrogen) atoms. The number of aromatic nitrogens is 2. The number of hydrogen-bond donors (Lipinski definition) is 1. The molecule has 0 bridgehead atoms. The summed E-state index contributed by atoms with van der Waals surface area (Å²) < 4.78 is 39.8. The van der Waals surface area contributed by atoms with Crippen molar-refractivity contribution in [2.75, 3.05) is 0 Å². The Labute approximate surface area is 115 Å². The average Bonchev–Trinajstić information content (AvgIpc) is 2.73. The lowest BCUT2D eigenvalue weighted by molar-refractivity contribution is -0.206. The van der Waals surface area contributed by atoms with Gasteiger partial charge in [-0.05, 0) is 31.2 Å². The van der Waals surface area contributed by atoms with Gasteiger partial charge in [-0.1, -0.05) is 15.9 Å². The summed E-state index contributed by atoms with van der Waals surface area (Å²) in [5.41, 5.74) is 0.626. The predicted octanol–water partition coefficient (Wildman–Crippen LogP) is 3.54. The minimum absolute atomic E-state index is 0.195. The van der Waals surface area contributed by atoms with Crippen molar-refractivity contribution in [1.82, 2.24) is 9.78 Å². The number of rotatable bonds is 2. The van der Waals surface area contributed by atoms with E-state index in [1.165, 1.54) is 16.8 Å². The fraction of sp³-hybridized carbons (Fsp3) is 0.250. The first-order valence-corrected chi connectivity index (χ1v) is 6.15. The van der Waals surface area contributed by atoms with E-state index in [1.54, 1.807) is 25.3 Å². The van der Waals surface area contributed by atoms with E-state index in [9.17, 15) is 18.3 Å². The summed E-state index contributed by atoms with van der Waals surface area (Å²) in [6.07, 6.45) is -5.73. The molecule has 0 fully saturated rings. The van der Waals surface area contributed by atoms with Gasteiger partial charge >= 0.3 is 6.18 Å². The van der Waals surface area contributed by atoms with Gasteiger partial charge in [0.05, 0.1) is 11.4 Å². The molecule has 1 atom stereocenters. The zero-order valence-electron chi connectivity index (χ0n) is 9.82. The number of hydrogen-bond acceptors (Lipinski definition) is 2. The number of benzene rings is 1. The van der Waals surface area contributed by atoms with Crippen LogP contribution >= 0.6 is 15.9 Å². The van der Waals surface area contributed by atoms with Crippen LogP contribution in [0.5, 0.6) is 0 Å². The van der Waals surface area contributed by atoms with Gasteiger partial charge < -0.3 is 5.11 Å². The molecule has 0 saturated carbocycles. The van der Waals surface area contributed by atoms with Crippen LogP contribution in [0.4, 0.5) is 13.2 Å². The molecule has 1 heterocycles. The Morgan fingerprint density at radius 1 is 1.32 bits per heavy atom. The molecule has 102 valence electrons. The van der Waals surface area contributed by atoms with E-state index in [0.717, 1.165) is 0 Å². The molecule has 3 nitrogen and oxygen atoms in total. The minimum Gasteiger partial charge on any atom is -0.379 e. The Morgan fingerprint density at radius 2 is 2.00 bits per heavy atom. The fourth-order valence-electron chi connectivity index (χ4n) is 1.68. The van der Waals surface area contributed by atoms with Gasteiger partial charge in [-0.3, -0.25) is 0 Å². The quantitative estimate of drug-likeness (QED) is 0.912. The number of halogens is 4. The highest BCUT2D eigenvalue weighted by Gasteiger charge is 2.40. The summed E-state index contributed by atoms with van der Waals surface area (Å²) in [6, 6.07) is 5.98. The molecular formula is C12H10BrF3N2O. The smallest absolute Gasteiger partial charge is 0.379 e. The molecule has 2 aromatic rings. The van der Waals surface area contributed by atoms with Crippen molar-refractivity contribution in [3.8, 4) is 5.69 Å². The predicted molar refractivity (Wildman–Crippen MR) is 67.0 cm³/mol. The van der Waals surface area contributed by atoms with Gasteiger partial charge in [0.2, 0.25) is 0 Å². The normalized spacial score (nSPS) is 13.6. The fourth-order valence-corrected chi connectivity index (χ4v) is 2.06. The van der Waals surface area contributed by atoms with Crippen LogP contribution in [0.2, 0.25) is 0 Å². The third-order valence-electron chi connectivity index (χ3n) is 2.56. The second kappa shape index (κ2) is 4.97. The molecule has 1 N–H and O–H groups in total. The van der Waals surface area contributed by atoms with Crippen LogP contribution in [0.3, 0.4) is 0 Å². The van der Waals surface area contributed by atoms with Crippen LogP contribution in [0, 0.1) is 6.92 Å². The number of aliphatic hydroxyl groups excluding tert-OH is 1. The Balaban J connectivity index is 2.56. The summed E-state index contributed by atoms with van der Waals surface area (Å²) in [4.78, 5) is 0. The maximum Gasteiger partial charge on any atom is 0.418 e. The van der Waals surface area contributed by atoms with Crippen LogP contribution < -0.4 is 0 Å². The molecule has 2 rings (SSSR count).